The van der Waals surface area contributed by atoms with Crippen LogP contribution in [0.3, 0.4) is 0 Å². The SMILES string of the molecule is CC1(C)[C@@H]2CC[C@@]1(C)[C@H]([O-])[C@@H]2N1CCCC1.[Li+]. The van der Waals surface area contributed by atoms with Crippen molar-refractivity contribution in [3.8, 4) is 0 Å². The van der Waals surface area contributed by atoms with Crippen LogP contribution in [-0.2, 0) is 0 Å². The monoisotopic (exact) mass is 229 g/mol. The Morgan fingerprint density at radius 3 is 2.18 bits per heavy atom. The van der Waals surface area contributed by atoms with Crippen LogP contribution in [0.2, 0.25) is 0 Å². The molecule has 3 aliphatic rings. The van der Waals surface area contributed by atoms with E-state index in [0.29, 0.717) is 12.0 Å². The minimum absolute atomic E-state index is 0. The Labute approximate surface area is 117 Å². The fourth-order valence-corrected chi connectivity index (χ4v) is 4.74. The molecule has 1 heterocycles. The van der Waals surface area contributed by atoms with E-state index in [1.807, 2.05) is 0 Å². The van der Waals surface area contributed by atoms with Crippen LogP contribution < -0.4 is 24.0 Å². The maximum atomic E-state index is 12.7. The molecule has 0 aromatic rings. The summed E-state index contributed by atoms with van der Waals surface area (Å²) in [4.78, 5) is 2.51. The van der Waals surface area contributed by atoms with E-state index in [1.165, 1.54) is 32.4 Å². The zero-order chi connectivity index (χ0) is 11.6. The van der Waals surface area contributed by atoms with Crippen LogP contribution in [0.1, 0.15) is 46.5 Å². The molecule has 2 saturated carbocycles. The van der Waals surface area contributed by atoms with Gasteiger partial charge in [-0.15, -0.1) is 6.10 Å². The molecule has 0 aromatic heterocycles. The molecule has 0 amide bonds. The summed E-state index contributed by atoms with van der Waals surface area (Å²) in [6, 6.07) is 0.344. The van der Waals surface area contributed by atoms with Crippen molar-refractivity contribution in [3.63, 3.8) is 0 Å². The predicted molar refractivity (Wildman–Crippen MR) is 63.0 cm³/mol. The minimum Gasteiger partial charge on any atom is -0.850 e. The molecule has 0 radical (unpaired) electrons. The van der Waals surface area contributed by atoms with Gasteiger partial charge < -0.3 is 10.0 Å². The standard InChI is InChI=1S/C14H24NO.Li/c1-13(2)10-6-7-14(13,3)12(16)11(10)15-8-4-5-9-15;/h10-12H,4-9H2,1-3H3;/q-1;+1/t10-,11-,12-,14+;/m1./s1. The van der Waals surface area contributed by atoms with Crippen molar-refractivity contribution >= 4 is 0 Å². The van der Waals surface area contributed by atoms with Crippen LogP contribution >= 0.6 is 0 Å². The first-order valence-corrected chi connectivity index (χ1v) is 6.88. The zero-order valence-electron chi connectivity index (χ0n) is 11.8. The molecule has 17 heavy (non-hydrogen) atoms. The fraction of sp³-hybridized carbons (Fsp3) is 1.00. The first-order chi connectivity index (χ1) is 7.48. The molecule has 1 aliphatic heterocycles. The van der Waals surface area contributed by atoms with E-state index < -0.39 is 0 Å². The average molecular weight is 229 g/mol. The summed E-state index contributed by atoms with van der Waals surface area (Å²) in [6.07, 6.45) is 4.69. The van der Waals surface area contributed by atoms with E-state index in [-0.39, 0.29) is 35.8 Å². The van der Waals surface area contributed by atoms with Crippen molar-refractivity contribution in [1.82, 2.24) is 4.90 Å². The number of hydrogen-bond acceptors (Lipinski definition) is 2. The Balaban J connectivity index is 0.00000108. The van der Waals surface area contributed by atoms with Crippen molar-refractivity contribution in [3.05, 3.63) is 0 Å². The molecule has 0 spiro atoms. The van der Waals surface area contributed by atoms with Crippen molar-refractivity contribution < 1.29 is 24.0 Å². The maximum Gasteiger partial charge on any atom is 1.00 e. The van der Waals surface area contributed by atoms with E-state index >= 15 is 0 Å². The van der Waals surface area contributed by atoms with Crippen LogP contribution in [0.25, 0.3) is 0 Å². The third kappa shape index (κ3) is 1.61. The van der Waals surface area contributed by atoms with E-state index in [9.17, 15) is 5.11 Å². The van der Waals surface area contributed by atoms with E-state index in [4.69, 9.17) is 0 Å². The minimum atomic E-state index is -0.348. The summed E-state index contributed by atoms with van der Waals surface area (Å²) < 4.78 is 0. The molecular weight excluding hydrogens is 205 g/mol. The van der Waals surface area contributed by atoms with Gasteiger partial charge in [-0.3, -0.25) is 0 Å². The summed E-state index contributed by atoms with van der Waals surface area (Å²) in [7, 11) is 0. The summed E-state index contributed by atoms with van der Waals surface area (Å²) >= 11 is 0. The molecule has 3 fully saturated rings. The van der Waals surface area contributed by atoms with Crippen LogP contribution in [0, 0.1) is 16.7 Å². The number of fused-ring (bicyclic) bond motifs is 2. The summed E-state index contributed by atoms with van der Waals surface area (Å²) in [5.74, 6) is 0.651. The van der Waals surface area contributed by atoms with Gasteiger partial charge in [-0.25, -0.2) is 0 Å². The summed E-state index contributed by atoms with van der Waals surface area (Å²) in [6.45, 7) is 9.27. The van der Waals surface area contributed by atoms with Gasteiger partial charge >= 0.3 is 18.9 Å². The van der Waals surface area contributed by atoms with Gasteiger partial charge in [-0.1, -0.05) is 20.8 Å². The van der Waals surface area contributed by atoms with Crippen molar-refractivity contribution in [2.75, 3.05) is 13.1 Å². The summed E-state index contributed by atoms with van der Waals surface area (Å²) in [5, 5.41) is 12.7. The maximum absolute atomic E-state index is 12.7. The Bertz CT molecular complexity index is 301. The van der Waals surface area contributed by atoms with Gasteiger partial charge in [-0.2, -0.15) is 0 Å². The van der Waals surface area contributed by atoms with Gasteiger partial charge in [0.15, 0.2) is 0 Å². The quantitative estimate of drug-likeness (QED) is 0.519. The first-order valence-electron chi connectivity index (χ1n) is 6.88. The molecule has 4 atom stereocenters. The molecule has 92 valence electrons. The first kappa shape index (κ1) is 13.9. The molecule has 0 N–H and O–H groups in total. The van der Waals surface area contributed by atoms with Gasteiger partial charge in [-0.05, 0) is 55.5 Å². The number of hydrogen-bond donors (Lipinski definition) is 0. The summed E-state index contributed by atoms with van der Waals surface area (Å²) in [5.41, 5.74) is 0.303. The smallest absolute Gasteiger partial charge is 0.850 e. The van der Waals surface area contributed by atoms with Crippen molar-refractivity contribution in [2.45, 2.75) is 58.6 Å². The van der Waals surface area contributed by atoms with E-state index in [2.05, 4.69) is 25.7 Å². The van der Waals surface area contributed by atoms with Crippen LogP contribution in [0.4, 0.5) is 0 Å². The Hall–Kier alpha value is 0.517. The average Bonchev–Trinajstić information content (AvgIpc) is 2.83. The number of nitrogens with zero attached hydrogens (tertiary/aromatic N) is 1. The molecule has 2 aliphatic carbocycles. The Morgan fingerprint density at radius 2 is 1.71 bits per heavy atom. The molecule has 0 aromatic carbocycles. The van der Waals surface area contributed by atoms with Gasteiger partial charge in [0.1, 0.15) is 0 Å². The third-order valence-corrected chi connectivity index (χ3v) is 6.29. The van der Waals surface area contributed by atoms with Gasteiger partial charge in [0, 0.05) is 6.04 Å². The molecule has 0 unspecified atom stereocenters. The molecular formula is C14H24LiNO. The van der Waals surface area contributed by atoms with Gasteiger partial charge in [0.05, 0.1) is 0 Å². The predicted octanol–water partition coefficient (Wildman–Crippen LogP) is -1.36. The van der Waals surface area contributed by atoms with Crippen molar-refractivity contribution in [1.29, 1.82) is 0 Å². The van der Waals surface area contributed by atoms with Crippen LogP contribution in [0.15, 0.2) is 0 Å². The second-order valence-electron chi connectivity index (χ2n) is 6.94. The fourth-order valence-electron chi connectivity index (χ4n) is 4.74. The molecule has 2 bridgehead atoms. The largest absolute Gasteiger partial charge is 1.00 e. The van der Waals surface area contributed by atoms with E-state index in [0.717, 1.165) is 6.42 Å². The second kappa shape index (κ2) is 4.27. The molecule has 3 heteroatoms. The Morgan fingerprint density at radius 1 is 1.12 bits per heavy atom. The molecule has 2 nitrogen and oxygen atoms in total. The van der Waals surface area contributed by atoms with Crippen LogP contribution in [0.5, 0.6) is 0 Å². The molecule has 3 rings (SSSR count). The number of rotatable bonds is 1. The number of likely N-dealkylation sites (tertiary alicyclic amines) is 1. The molecule has 1 saturated heterocycles. The topological polar surface area (TPSA) is 26.3 Å². The normalized spacial score (nSPS) is 48.4. The van der Waals surface area contributed by atoms with Gasteiger partial charge in [0.25, 0.3) is 0 Å². The zero-order valence-corrected chi connectivity index (χ0v) is 11.8. The third-order valence-electron chi connectivity index (χ3n) is 6.29. The van der Waals surface area contributed by atoms with Crippen LogP contribution in [-0.4, -0.2) is 30.1 Å². The van der Waals surface area contributed by atoms with E-state index in [1.54, 1.807) is 0 Å². The second-order valence-corrected chi connectivity index (χ2v) is 6.94. The van der Waals surface area contributed by atoms with Gasteiger partial charge in [0.2, 0.25) is 0 Å². The van der Waals surface area contributed by atoms with Crippen molar-refractivity contribution in [2.24, 2.45) is 16.7 Å². The Kier molecular flexibility index (Phi) is 3.50.